The number of carbonyl (C=O) groups is 2. The van der Waals surface area contributed by atoms with Crippen LogP contribution in [-0.4, -0.2) is 39.6 Å². The van der Waals surface area contributed by atoms with Crippen molar-refractivity contribution in [1.82, 2.24) is 19.9 Å². The SMILES string of the molecule is CC[C@H](C)[C@H](NC(=O)c1cnc2c(c1)ncn2C1CCCC1)C(=O)OC. The number of methoxy groups -OCH3 is 1. The van der Waals surface area contributed by atoms with Gasteiger partial charge in [-0.2, -0.15) is 0 Å². The first kappa shape index (κ1) is 18.4. The molecule has 0 radical (unpaired) electrons. The fraction of sp³-hybridized carbons (Fsp3) is 0.579. The molecule has 0 unspecified atom stereocenters. The van der Waals surface area contributed by atoms with E-state index in [2.05, 4.69) is 19.9 Å². The Hall–Kier alpha value is -2.44. The molecule has 0 aliphatic heterocycles. The molecular formula is C19H26N4O3. The molecule has 2 heterocycles. The molecule has 1 aliphatic rings. The van der Waals surface area contributed by atoms with Gasteiger partial charge in [0.05, 0.1) is 19.0 Å². The maximum Gasteiger partial charge on any atom is 0.328 e. The van der Waals surface area contributed by atoms with Crippen LogP contribution in [0.15, 0.2) is 18.6 Å². The normalized spacial score (nSPS) is 17.2. The summed E-state index contributed by atoms with van der Waals surface area (Å²) < 4.78 is 6.93. The van der Waals surface area contributed by atoms with Crippen molar-refractivity contribution in [3.63, 3.8) is 0 Å². The molecule has 0 bridgehead atoms. The van der Waals surface area contributed by atoms with Gasteiger partial charge in [0, 0.05) is 12.2 Å². The van der Waals surface area contributed by atoms with Crippen molar-refractivity contribution in [2.45, 2.75) is 58.0 Å². The van der Waals surface area contributed by atoms with Crippen molar-refractivity contribution < 1.29 is 14.3 Å². The number of nitrogens with zero attached hydrogens (tertiary/aromatic N) is 3. The Balaban J connectivity index is 1.81. The van der Waals surface area contributed by atoms with E-state index in [1.807, 2.05) is 20.2 Å². The zero-order chi connectivity index (χ0) is 18.7. The maximum absolute atomic E-state index is 12.6. The number of hydrogen-bond acceptors (Lipinski definition) is 5. The van der Waals surface area contributed by atoms with Crippen LogP contribution < -0.4 is 5.32 Å². The van der Waals surface area contributed by atoms with Gasteiger partial charge in [0.15, 0.2) is 5.65 Å². The van der Waals surface area contributed by atoms with Crippen LogP contribution in [0.3, 0.4) is 0 Å². The highest BCUT2D eigenvalue weighted by Crippen LogP contribution is 2.31. The van der Waals surface area contributed by atoms with Crippen molar-refractivity contribution in [1.29, 1.82) is 0 Å². The van der Waals surface area contributed by atoms with Gasteiger partial charge in [-0.25, -0.2) is 14.8 Å². The summed E-state index contributed by atoms with van der Waals surface area (Å²) in [5, 5.41) is 2.77. The van der Waals surface area contributed by atoms with Gasteiger partial charge in [0.1, 0.15) is 11.6 Å². The second-order valence-corrected chi connectivity index (χ2v) is 7.02. The number of rotatable bonds is 6. The van der Waals surface area contributed by atoms with E-state index in [4.69, 9.17) is 4.74 Å². The number of ether oxygens (including phenoxy) is 1. The maximum atomic E-state index is 12.6. The van der Waals surface area contributed by atoms with Gasteiger partial charge in [0.2, 0.25) is 0 Å². The zero-order valence-electron chi connectivity index (χ0n) is 15.6. The van der Waals surface area contributed by atoms with Crippen molar-refractivity contribution in [2.24, 2.45) is 5.92 Å². The van der Waals surface area contributed by atoms with Gasteiger partial charge in [-0.15, -0.1) is 0 Å². The van der Waals surface area contributed by atoms with Crippen molar-refractivity contribution in [2.75, 3.05) is 7.11 Å². The first-order valence-electron chi connectivity index (χ1n) is 9.26. The third-order valence-corrected chi connectivity index (χ3v) is 5.35. The minimum absolute atomic E-state index is 0.0235. The molecule has 2 atom stereocenters. The second kappa shape index (κ2) is 7.85. The highest BCUT2D eigenvalue weighted by Gasteiger charge is 2.27. The van der Waals surface area contributed by atoms with E-state index < -0.39 is 12.0 Å². The molecule has 0 spiro atoms. The number of esters is 1. The van der Waals surface area contributed by atoms with Crippen molar-refractivity contribution in [3.8, 4) is 0 Å². The van der Waals surface area contributed by atoms with Gasteiger partial charge in [-0.3, -0.25) is 4.79 Å². The Morgan fingerprint density at radius 3 is 2.73 bits per heavy atom. The van der Waals surface area contributed by atoms with Crippen molar-refractivity contribution in [3.05, 3.63) is 24.2 Å². The molecule has 2 aromatic rings. The fourth-order valence-corrected chi connectivity index (χ4v) is 3.51. The lowest BCUT2D eigenvalue weighted by molar-refractivity contribution is -0.144. The lowest BCUT2D eigenvalue weighted by Crippen LogP contribution is -2.45. The van der Waals surface area contributed by atoms with Gasteiger partial charge >= 0.3 is 5.97 Å². The van der Waals surface area contributed by atoms with Crippen LogP contribution in [0, 0.1) is 5.92 Å². The standard InChI is InChI=1S/C19H26N4O3/c1-4-12(2)16(19(25)26-3)22-18(24)13-9-15-17(20-10-13)23(11-21-15)14-7-5-6-8-14/h9-12,14,16H,4-8H2,1-3H3,(H,22,24)/t12-,16-/m0/s1. The Morgan fingerprint density at radius 1 is 1.35 bits per heavy atom. The molecule has 0 aromatic carbocycles. The molecule has 1 N–H and O–H groups in total. The van der Waals surface area contributed by atoms with E-state index in [1.54, 1.807) is 12.3 Å². The first-order chi connectivity index (χ1) is 12.5. The molecule has 26 heavy (non-hydrogen) atoms. The van der Waals surface area contributed by atoms with E-state index >= 15 is 0 Å². The van der Waals surface area contributed by atoms with Gasteiger partial charge < -0.3 is 14.6 Å². The summed E-state index contributed by atoms with van der Waals surface area (Å²) in [5.41, 5.74) is 1.90. The topological polar surface area (TPSA) is 86.1 Å². The number of carbonyl (C=O) groups excluding carboxylic acids is 2. The Morgan fingerprint density at radius 2 is 2.08 bits per heavy atom. The van der Waals surface area contributed by atoms with Crippen LogP contribution in [0.1, 0.15) is 62.4 Å². The third-order valence-electron chi connectivity index (χ3n) is 5.35. The first-order valence-corrected chi connectivity index (χ1v) is 9.26. The Bertz CT molecular complexity index is 795. The van der Waals surface area contributed by atoms with E-state index in [9.17, 15) is 9.59 Å². The highest BCUT2D eigenvalue weighted by molar-refractivity contribution is 5.98. The number of pyridine rings is 1. The molecule has 1 aliphatic carbocycles. The van der Waals surface area contributed by atoms with Crippen LogP contribution >= 0.6 is 0 Å². The lowest BCUT2D eigenvalue weighted by atomic mass is 9.99. The van der Waals surface area contributed by atoms with Crippen LogP contribution in [0.2, 0.25) is 0 Å². The van der Waals surface area contributed by atoms with Gasteiger partial charge in [-0.1, -0.05) is 33.1 Å². The van der Waals surface area contributed by atoms with E-state index in [0.717, 1.165) is 24.9 Å². The van der Waals surface area contributed by atoms with Crippen LogP contribution in [0.4, 0.5) is 0 Å². The van der Waals surface area contributed by atoms with E-state index in [1.165, 1.54) is 20.0 Å². The largest absolute Gasteiger partial charge is 0.467 e. The smallest absolute Gasteiger partial charge is 0.328 e. The Kier molecular flexibility index (Phi) is 5.54. The molecule has 7 nitrogen and oxygen atoms in total. The molecule has 1 saturated carbocycles. The molecule has 1 fully saturated rings. The van der Waals surface area contributed by atoms with Gasteiger partial charge in [-0.05, 0) is 24.8 Å². The number of hydrogen-bond donors (Lipinski definition) is 1. The van der Waals surface area contributed by atoms with Crippen LogP contribution in [-0.2, 0) is 9.53 Å². The predicted octanol–water partition coefficient (Wildman–Crippen LogP) is 2.86. The summed E-state index contributed by atoms with van der Waals surface area (Å²) in [7, 11) is 1.33. The quantitative estimate of drug-likeness (QED) is 0.803. The zero-order valence-corrected chi connectivity index (χ0v) is 15.6. The molecular weight excluding hydrogens is 332 g/mol. The average Bonchev–Trinajstić information content (AvgIpc) is 3.33. The third kappa shape index (κ3) is 3.57. The summed E-state index contributed by atoms with van der Waals surface area (Å²) >= 11 is 0. The summed E-state index contributed by atoms with van der Waals surface area (Å²) in [4.78, 5) is 33.5. The molecule has 0 saturated heterocycles. The van der Waals surface area contributed by atoms with Crippen molar-refractivity contribution >= 4 is 23.0 Å². The number of imidazole rings is 1. The van der Waals surface area contributed by atoms with Crippen LogP contribution in [0.5, 0.6) is 0 Å². The molecule has 1 amide bonds. The molecule has 2 aromatic heterocycles. The summed E-state index contributed by atoms with van der Waals surface area (Å²) in [6.07, 6.45) is 8.87. The minimum atomic E-state index is -0.677. The van der Waals surface area contributed by atoms with Crippen LogP contribution in [0.25, 0.3) is 11.2 Å². The second-order valence-electron chi connectivity index (χ2n) is 7.02. The number of aromatic nitrogens is 3. The van der Waals surface area contributed by atoms with E-state index in [-0.39, 0.29) is 11.8 Å². The highest BCUT2D eigenvalue weighted by atomic mass is 16.5. The lowest BCUT2D eigenvalue weighted by Gasteiger charge is -2.21. The number of fused-ring (bicyclic) bond motifs is 1. The predicted molar refractivity (Wildman–Crippen MR) is 97.8 cm³/mol. The minimum Gasteiger partial charge on any atom is -0.467 e. The van der Waals surface area contributed by atoms with Gasteiger partial charge in [0.25, 0.3) is 5.91 Å². The number of nitrogens with one attached hydrogen (secondary N) is 1. The number of amides is 1. The molecule has 3 rings (SSSR count). The molecule has 140 valence electrons. The summed E-state index contributed by atoms with van der Waals surface area (Å²) in [6, 6.07) is 1.50. The summed E-state index contributed by atoms with van der Waals surface area (Å²) in [5.74, 6) is -0.803. The average molecular weight is 358 g/mol. The monoisotopic (exact) mass is 358 g/mol. The van der Waals surface area contributed by atoms with E-state index in [0.29, 0.717) is 17.1 Å². The Labute approximate surface area is 153 Å². The molecule has 7 heteroatoms. The fourth-order valence-electron chi connectivity index (χ4n) is 3.51. The summed E-state index contributed by atoms with van der Waals surface area (Å²) in [6.45, 7) is 3.88.